The maximum atomic E-state index is 5.83. The van der Waals surface area contributed by atoms with Crippen LogP contribution < -0.4 is 25.7 Å². The molecule has 0 spiro atoms. The van der Waals surface area contributed by atoms with Crippen LogP contribution in [0.3, 0.4) is 0 Å². The Morgan fingerprint density at radius 2 is 1.40 bits per heavy atom. The standard InChI is InChI=1S/C17H19N5O3/c1-23-13-6-10(7-14(24-2)15(13)25-3)17-20-16(21-22-17)9-4-11(18)8-12(19)5-9/h4-8H,18-19H2,1-3H3,(H,20,21,22). The molecule has 5 N–H and O–H groups in total. The first-order chi connectivity index (χ1) is 12.0. The molecule has 0 amide bonds. The number of methoxy groups -OCH3 is 3. The number of anilines is 2. The summed E-state index contributed by atoms with van der Waals surface area (Å²) in [5.74, 6) is 2.61. The van der Waals surface area contributed by atoms with E-state index < -0.39 is 0 Å². The van der Waals surface area contributed by atoms with Crippen LogP contribution in [0.2, 0.25) is 0 Å². The number of ether oxygens (including phenoxy) is 3. The van der Waals surface area contributed by atoms with Crippen molar-refractivity contribution in [3.05, 3.63) is 30.3 Å². The molecule has 0 saturated carbocycles. The van der Waals surface area contributed by atoms with Crippen LogP contribution in [0.5, 0.6) is 17.2 Å². The molecule has 25 heavy (non-hydrogen) atoms. The van der Waals surface area contributed by atoms with Gasteiger partial charge in [-0.1, -0.05) is 0 Å². The Morgan fingerprint density at radius 3 is 1.92 bits per heavy atom. The summed E-state index contributed by atoms with van der Waals surface area (Å²) in [7, 11) is 4.67. The molecule has 2 aromatic carbocycles. The number of nitrogens with zero attached hydrogens (tertiary/aromatic N) is 2. The van der Waals surface area contributed by atoms with Gasteiger partial charge in [-0.15, -0.1) is 0 Å². The minimum absolute atomic E-state index is 0.489. The molecule has 0 aliphatic heterocycles. The summed E-state index contributed by atoms with van der Waals surface area (Å²) in [5, 5.41) is 7.14. The maximum absolute atomic E-state index is 5.83. The van der Waals surface area contributed by atoms with E-state index in [4.69, 9.17) is 25.7 Å². The maximum Gasteiger partial charge on any atom is 0.203 e. The van der Waals surface area contributed by atoms with Gasteiger partial charge in [-0.25, -0.2) is 4.98 Å². The van der Waals surface area contributed by atoms with E-state index in [1.54, 1.807) is 51.7 Å². The van der Waals surface area contributed by atoms with Gasteiger partial charge >= 0.3 is 0 Å². The smallest absolute Gasteiger partial charge is 0.203 e. The first kappa shape index (κ1) is 16.4. The van der Waals surface area contributed by atoms with Crippen LogP contribution in [0.4, 0.5) is 11.4 Å². The van der Waals surface area contributed by atoms with Gasteiger partial charge in [-0.2, -0.15) is 5.10 Å². The summed E-state index contributed by atoms with van der Waals surface area (Å²) >= 11 is 0. The molecule has 0 bridgehead atoms. The molecule has 8 heteroatoms. The lowest BCUT2D eigenvalue weighted by atomic mass is 10.1. The second-order valence-corrected chi connectivity index (χ2v) is 5.31. The van der Waals surface area contributed by atoms with Crippen LogP contribution in [-0.2, 0) is 0 Å². The number of H-pyrrole nitrogens is 1. The number of aromatic amines is 1. The number of nitrogen functional groups attached to an aromatic ring is 2. The second-order valence-electron chi connectivity index (χ2n) is 5.31. The Bertz CT molecular complexity index is 862. The minimum atomic E-state index is 0.489. The van der Waals surface area contributed by atoms with E-state index in [0.717, 1.165) is 11.1 Å². The number of aromatic nitrogens is 3. The van der Waals surface area contributed by atoms with E-state index in [2.05, 4.69) is 15.2 Å². The van der Waals surface area contributed by atoms with Crippen molar-refractivity contribution < 1.29 is 14.2 Å². The lowest BCUT2D eigenvalue weighted by Gasteiger charge is -2.13. The third-order valence-electron chi connectivity index (χ3n) is 3.66. The number of nitrogens with one attached hydrogen (secondary N) is 1. The van der Waals surface area contributed by atoms with Crippen LogP contribution in [0, 0.1) is 0 Å². The highest BCUT2D eigenvalue weighted by atomic mass is 16.5. The van der Waals surface area contributed by atoms with Gasteiger partial charge in [0.05, 0.1) is 21.3 Å². The zero-order valence-electron chi connectivity index (χ0n) is 14.2. The lowest BCUT2D eigenvalue weighted by molar-refractivity contribution is 0.324. The van der Waals surface area contributed by atoms with Crippen LogP contribution in [0.25, 0.3) is 22.8 Å². The third kappa shape index (κ3) is 3.14. The van der Waals surface area contributed by atoms with Crippen LogP contribution in [-0.4, -0.2) is 36.5 Å². The molecule has 0 aliphatic carbocycles. The second kappa shape index (κ2) is 6.60. The third-order valence-corrected chi connectivity index (χ3v) is 3.66. The summed E-state index contributed by atoms with van der Waals surface area (Å²) in [6, 6.07) is 8.78. The normalized spacial score (nSPS) is 10.5. The highest BCUT2D eigenvalue weighted by Crippen LogP contribution is 2.40. The number of hydrogen-bond acceptors (Lipinski definition) is 7. The summed E-state index contributed by atoms with van der Waals surface area (Å²) in [6.07, 6.45) is 0. The van der Waals surface area contributed by atoms with Crippen LogP contribution >= 0.6 is 0 Å². The molecule has 0 fully saturated rings. The highest BCUT2D eigenvalue weighted by Gasteiger charge is 2.16. The molecule has 0 radical (unpaired) electrons. The minimum Gasteiger partial charge on any atom is -0.493 e. The van der Waals surface area contributed by atoms with E-state index in [9.17, 15) is 0 Å². The Balaban J connectivity index is 2.05. The van der Waals surface area contributed by atoms with Gasteiger partial charge in [0.2, 0.25) is 5.75 Å². The van der Waals surface area contributed by atoms with Gasteiger partial charge < -0.3 is 25.7 Å². The van der Waals surface area contributed by atoms with Gasteiger partial charge in [0.1, 0.15) is 0 Å². The summed E-state index contributed by atoms with van der Waals surface area (Å²) in [5.41, 5.74) is 14.2. The first-order valence-electron chi connectivity index (χ1n) is 7.45. The van der Waals surface area contributed by atoms with E-state index in [0.29, 0.717) is 40.3 Å². The van der Waals surface area contributed by atoms with Crippen molar-refractivity contribution in [2.75, 3.05) is 32.8 Å². The van der Waals surface area contributed by atoms with Gasteiger partial charge in [0, 0.05) is 22.5 Å². The fourth-order valence-electron chi connectivity index (χ4n) is 2.54. The zero-order chi connectivity index (χ0) is 18.0. The molecule has 130 valence electrons. The zero-order valence-corrected chi connectivity index (χ0v) is 14.2. The average molecular weight is 341 g/mol. The molecule has 3 aromatic rings. The number of nitrogens with two attached hydrogens (primary N) is 2. The molecule has 8 nitrogen and oxygen atoms in total. The summed E-state index contributed by atoms with van der Waals surface area (Å²) in [4.78, 5) is 4.51. The van der Waals surface area contributed by atoms with Crippen molar-refractivity contribution in [2.45, 2.75) is 0 Å². The van der Waals surface area contributed by atoms with Crippen molar-refractivity contribution in [1.29, 1.82) is 0 Å². The fourth-order valence-corrected chi connectivity index (χ4v) is 2.54. The van der Waals surface area contributed by atoms with Gasteiger partial charge in [0.25, 0.3) is 0 Å². The van der Waals surface area contributed by atoms with E-state index in [1.165, 1.54) is 0 Å². The van der Waals surface area contributed by atoms with Crippen LogP contribution in [0.15, 0.2) is 30.3 Å². The molecule has 0 atom stereocenters. The van der Waals surface area contributed by atoms with E-state index in [-0.39, 0.29) is 0 Å². The van der Waals surface area contributed by atoms with Gasteiger partial charge in [0.15, 0.2) is 23.1 Å². The Morgan fingerprint density at radius 1 is 0.800 bits per heavy atom. The van der Waals surface area contributed by atoms with Crippen molar-refractivity contribution >= 4 is 11.4 Å². The van der Waals surface area contributed by atoms with E-state index in [1.807, 2.05) is 0 Å². The fraction of sp³-hybridized carbons (Fsp3) is 0.176. The Hall–Kier alpha value is -3.42. The predicted molar refractivity (Wildman–Crippen MR) is 95.7 cm³/mol. The molecular formula is C17H19N5O3. The number of benzene rings is 2. The molecule has 1 aromatic heterocycles. The Labute approximate surface area is 144 Å². The lowest BCUT2D eigenvalue weighted by Crippen LogP contribution is -1.96. The largest absolute Gasteiger partial charge is 0.493 e. The molecule has 0 unspecified atom stereocenters. The van der Waals surface area contributed by atoms with Crippen molar-refractivity contribution in [3.8, 4) is 40.0 Å². The predicted octanol–water partition coefficient (Wildman–Crippen LogP) is 2.33. The van der Waals surface area contributed by atoms with Crippen molar-refractivity contribution in [1.82, 2.24) is 15.2 Å². The first-order valence-corrected chi connectivity index (χ1v) is 7.45. The molecule has 0 saturated heterocycles. The highest BCUT2D eigenvalue weighted by molar-refractivity contribution is 5.71. The Kier molecular flexibility index (Phi) is 4.34. The van der Waals surface area contributed by atoms with E-state index >= 15 is 0 Å². The van der Waals surface area contributed by atoms with Crippen molar-refractivity contribution in [2.24, 2.45) is 0 Å². The van der Waals surface area contributed by atoms with Gasteiger partial charge in [-0.05, 0) is 30.3 Å². The summed E-state index contributed by atoms with van der Waals surface area (Å²) in [6.45, 7) is 0. The average Bonchev–Trinajstić information content (AvgIpc) is 3.09. The van der Waals surface area contributed by atoms with Gasteiger partial charge in [-0.3, -0.25) is 5.10 Å². The topological polar surface area (TPSA) is 121 Å². The SMILES string of the molecule is COc1cc(-c2nc(-c3cc(N)cc(N)c3)n[nH]2)cc(OC)c1OC. The molecule has 0 aliphatic rings. The summed E-state index contributed by atoms with van der Waals surface area (Å²) < 4.78 is 16.1. The number of rotatable bonds is 5. The molecular weight excluding hydrogens is 322 g/mol. The monoisotopic (exact) mass is 341 g/mol. The molecule has 3 rings (SSSR count). The van der Waals surface area contributed by atoms with Crippen LogP contribution in [0.1, 0.15) is 0 Å². The molecule has 1 heterocycles. The van der Waals surface area contributed by atoms with Crippen molar-refractivity contribution in [3.63, 3.8) is 0 Å². The number of hydrogen-bond donors (Lipinski definition) is 3. The quantitative estimate of drug-likeness (QED) is 0.609.